The van der Waals surface area contributed by atoms with Crippen LogP contribution < -0.4 is 4.57 Å². The monoisotopic (exact) mass is 277 g/mol. The van der Waals surface area contributed by atoms with Gasteiger partial charge in [0.2, 0.25) is 10.5 Å². The number of aryl methyl sites for hydroxylation is 1. The molecule has 0 fully saturated rings. The van der Waals surface area contributed by atoms with Crippen molar-refractivity contribution in [3.8, 4) is 0 Å². The van der Waals surface area contributed by atoms with Crippen molar-refractivity contribution in [2.24, 2.45) is 0 Å². The second-order valence-electron chi connectivity index (χ2n) is 3.19. The maximum absolute atomic E-state index is 10.5. The fourth-order valence-electron chi connectivity index (χ4n) is 1.43. The van der Waals surface area contributed by atoms with Gasteiger partial charge in [0.1, 0.15) is 4.70 Å². The largest absolute Gasteiger partial charge is 0.870 e. The number of para-hydroxylation sites is 1. The first kappa shape index (κ1) is 14.0. The van der Waals surface area contributed by atoms with Gasteiger partial charge in [0, 0.05) is 13.0 Å². The molecule has 0 atom stereocenters. The first-order chi connectivity index (χ1) is 7.47. The maximum Gasteiger partial charge on any atom is 0.402 e. The predicted octanol–water partition coefficient (Wildman–Crippen LogP) is 1.10. The fraction of sp³-hybridized carbons (Fsp3) is 0.222. The Labute approximate surface area is 102 Å². The van der Waals surface area contributed by atoms with Crippen LogP contribution in [0.4, 0.5) is 0 Å². The van der Waals surface area contributed by atoms with Gasteiger partial charge in [-0.2, -0.15) is 17.2 Å². The minimum atomic E-state index is -4.40. The van der Waals surface area contributed by atoms with E-state index in [9.17, 15) is 8.42 Å². The topological polar surface area (TPSA) is 97.5 Å². The molecule has 1 aromatic heterocycles. The molecule has 0 spiro atoms. The van der Waals surface area contributed by atoms with E-state index >= 15 is 0 Å². The highest BCUT2D eigenvalue weighted by Gasteiger charge is 2.18. The Balaban J connectivity index is 0.00000144. The van der Waals surface area contributed by atoms with E-state index in [2.05, 4.69) is 4.18 Å². The van der Waals surface area contributed by atoms with Crippen LogP contribution >= 0.6 is 11.3 Å². The Morgan fingerprint density at radius 1 is 1.41 bits per heavy atom. The molecule has 0 aliphatic carbocycles. The van der Waals surface area contributed by atoms with Crippen LogP contribution in [-0.2, 0) is 21.3 Å². The standard InChI is InChI=1S/C9H9NO4S2.H2O/c1-7-10(6-14-16(11,12)13)8-4-2-3-5-9(8)15-7;/h2-5H,6H2,1H3;1H2. The highest BCUT2D eigenvalue weighted by Crippen LogP contribution is 2.19. The van der Waals surface area contributed by atoms with Crippen LogP contribution in [0.2, 0.25) is 0 Å². The smallest absolute Gasteiger partial charge is 0.402 e. The number of thiazole rings is 1. The molecule has 0 aliphatic rings. The Morgan fingerprint density at radius 3 is 2.71 bits per heavy atom. The van der Waals surface area contributed by atoms with Crippen molar-refractivity contribution in [3.05, 3.63) is 29.3 Å². The Morgan fingerprint density at radius 2 is 2.06 bits per heavy atom. The third-order valence-electron chi connectivity index (χ3n) is 2.12. The quantitative estimate of drug-likeness (QED) is 0.669. The first-order valence-corrected chi connectivity index (χ1v) is 6.65. The molecule has 17 heavy (non-hydrogen) atoms. The molecule has 2 rings (SSSR count). The Hall–Kier alpha value is -1.06. The lowest BCUT2D eigenvalue weighted by atomic mass is 10.3. The lowest BCUT2D eigenvalue weighted by Crippen LogP contribution is -2.37. The molecule has 0 saturated heterocycles. The van der Waals surface area contributed by atoms with Crippen molar-refractivity contribution < 1.29 is 27.2 Å². The highest BCUT2D eigenvalue weighted by atomic mass is 32.3. The van der Waals surface area contributed by atoms with Gasteiger partial charge in [-0.15, -0.1) is 0 Å². The van der Waals surface area contributed by atoms with E-state index < -0.39 is 10.4 Å². The summed E-state index contributed by atoms with van der Waals surface area (Å²) in [5.74, 6) is 0. The number of benzene rings is 1. The third kappa shape index (κ3) is 3.20. The minimum absolute atomic E-state index is 0. The van der Waals surface area contributed by atoms with Gasteiger partial charge in [-0.25, -0.2) is 0 Å². The van der Waals surface area contributed by atoms with Crippen LogP contribution in [0.5, 0.6) is 0 Å². The van der Waals surface area contributed by atoms with Gasteiger partial charge in [0.05, 0.1) is 0 Å². The average Bonchev–Trinajstić information content (AvgIpc) is 2.49. The minimum Gasteiger partial charge on any atom is -0.870 e. The lowest BCUT2D eigenvalue weighted by Gasteiger charge is -1.95. The number of fused-ring (bicyclic) bond motifs is 1. The number of hydrogen-bond donors (Lipinski definition) is 1. The zero-order valence-corrected chi connectivity index (χ0v) is 10.5. The normalized spacial score (nSPS) is 11.4. The zero-order chi connectivity index (χ0) is 11.8. The lowest BCUT2D eigenvalue weighted by molar-refractivity contribution is -0.702. The number of hydrogen-bond acceptors (Lipinski definition) is 5. The van der Waals surface area contributed by atoms with Crippen LogP contribution in [0.3, 0.4) is 0 Å². The van der Waals surface area contributed by atoms with Gasteiger partial charge in [-0.05, 0) is 6.07 Å². The molecule has 94 valence electrons. The molecule has 6 nitrogen and oxygen atoms in total. The third-order valence-corrected chi connectivity index (χ3v) is 3.61. The molecule has 0 saturated carbocycles. The summed E-state index contributed by atoms with van der Waals surface area (Å²) in [5.41, 5.74) is 0.883. The molecule has 0 amide bonds. The van der Waals surface area contributed by atoms with Gasteiger partial charge in [0.25, 0.3) is 6.73 Å². The van der Waals surface area contributed by atoms with Gasteiger partial charge in [-0.1, -0.05) is 23.5 Å². The summed E-state index contributed by atoms with van der Waals surface area (Å²) in [6.45, 7) is 1.65. The Bertz CT molecular complexity index is 619. The van der Waals surface area contributed by atoms with Gasteiger partial charge < -0.3 is 5.48 Å². The summed E-state index contributed by atoms with van der Waals surface area (Å²) in [5, 5.41) is 0.907. The zero-order valence-electron chi connectivity index (χ0n) is 8.90. The number of aromatic nitrogens is 1. The molecular formula is C9H11NO5S2. The number of rotatable bonds is 3. The van der Waals surface area contributed by atoms with Crippen molar-refractivity contribution in [3.63, 3.8) is 0 Å². The first-order valence-electron chi connectivity index (χ1n) is 4.47. The fourth-order valence-corrected chi connectivity index (χ4v) is 2.68. The van der Waals surface area contributed by atoms with E-state index in [-0.39, 0.29) is 12.2 Å². The maximum atomic E-state index is 10.5. The van der Waals surface area contributed by atoms with E-state index in [4.69, 9.17) is 4.55 Å². The molecule has 2 N–H and O–H groups in total. The van der Waals surface area contributed by atoms with E-state index in [0.717, 1.165) is 15.2 Å². The van der Waals surface area contributed by atoms with Crippen LogP contribution in [0.15, 0.2) is 24.3 Å². The Kier molecular flexibility index (Phi) is 4.17. The van der Waals surface area contributed by atoms with E-state index in [0.29, 0.717) is 0 Å². The highest BCUT2D eigenvalue weighted by molar-refractivity contribution is 7.80. The van der Waals surface area contributed by atoms with E-state index in [1.165, 1.54) is 11.3 Å². The molecule has 2 aromatic rings. The average molecular weight is 277 g/mol. The van der Waals surface area contributed by atoms with Crippen molar-refractivity contribution in [2.75, 3.05) is 0 Å². The summed E-state index contributed by atoms with van der Waals surface area (Å²) < 4.78 is 36.6. The summed E-state index contributed by atoms with van der Waals surface area (Å²) in [6, 6.07) is 7.58. The molecule has 0 radical (unpaired) electrons. The predicted molar refractivity (Wildman–Crippen MR) is 61.3 cm³/mol. The van der Waals surface area contributed by atoms with E-state index in [1.807, 2.05) is 31.2 Å². The van der Waals surface area contributed by atoms with Gasteiger partial charge in [-0.3, -0.25) is 4.55 Å². The van der Waals surface area contributed by atoms with Crippen molar-refractivity contribution in [1.82, 2.24) is 0 Å². The van der Waals surface area contributed by atoms with Crippen molar-refractivity contribution >= 4 is 32.0 Å². The molecule has 0 unspecified atom stereocenters. The molecule has 0 bridgehead atoms. The summed E-state index contributed by atoms with van der Waals surface area (Å²) in [6.07, 6.45) is 0. The van der Waals surface area contributed by atoms with Crippen LogP contribution in [0.25, 0.3) is 10.2 Å². The molecule has 1 aromatic carbocycles. The van der Waals surface area contributed by atoms with Gasteiger partial charge >= 0.3 is 10.4 Å². The molecule has 8 heteroatoms. The number of nitrogens with zero attached hydrogens (tertiary/aromatic N) is 1. The molecular weight excluding hydrogens is 266 g/mol. The SMILES string of the molecule is Cc1sc2ccccc2[n+]1COS(=O)(=O)O.[OH-]. The van der Waals surface area contributed by atoms with Crippen LogP contribution in [0, 0.1) is 6.92 Å². The van der Waals surface area contributed by atoms with Gasteiger partial charge in [0.15, 0.2) is 0 Å². The molecule has 0 aliphatic heterocycles. The molecule has 1 heterocycles. The summed E-state index contributed by atoms with van der Waals surface area (Å²) >= 11 is 1.54. The second-order valence-corrected chi connectivity index (χ2v) is 5.52. The summed E-state index contributed by atoms with van der Waals surface area (Å²) in [4.78, 5) is 0. The second kappa shape index (κ2) is 5.07. The van der Waals surface area contributed by atoms with Crippen LogP contribution in [-0.4, -0.2) is 18.4 Å². The van der Waals surface area contributed by atoms with Crippen molar-refractivity contribution in [2.45, 2.75) is 13.7 Å². The van der Waals surface area contributed by atoms with Crippen molar-refractivity contribution in [1.29, 1.82) is 0 Å². The summed E-state index contributed by atoms with van der Waals surface area (Å²) in [7, 11) is -4.40. The van der Waals surface area contributed by atoms with Crippen LogP contribution in [0.1, 0.15) is 5.01 Å². The van der Waals surface area contributed by atoms with E-state index in [1.54, 1.807) is 4.57 Å².